The second-order valence-corrected chi connectivity index (χ2v) is 5.40. The lowest BCUT2D eigenvalue weighted by Gasteiger charge is -2.21. The van der Waals surface area contributed by atoms with Crippen LogP contribution in [0.15, 0.2) is 60.7 Å². The average Bonchev–Trinajstić information content (AvgIpc) is 2.57. The molecule has 0 fully saturated rings. The summed E-state index contributed by atoms with van der Waals surface area (Å²) >= 11 is 0. The molecule has 0 heterocycles. The Morgan fingerprint density at radius 1 is 1.08 bits per heavy atom. The number of allylic oxidation sites excluding steroid dienone is 1. The molecule has 0 radical (unpaired) electrons. The van der Waals surface area contributed by atoms with Gasteiger partial charge in [-0.3, -0.25) is 4.79 Å². The molecule has 6 heteroatoms. The number of likely N-dealkylation sites (N-methyl/N-ethyl adjacent to an activating group) is 1. The number of benzene rings is 2. The average molecular weight is 351 g/mol. The van der Waals surface area contributed by atoms with Gasteiger partial charge in [0.05, 0.1) is 5.57 Å². The first-order valence-corrected chi connectivity index (χ1v) is 7.69. The molecule has 0 saturated carbocycles. The summed E-state index contributed by atoms with van der Waals surface area (Å²) in [7, 11) is 0. The summed E-state index contributed by atoms with van der Waals surface area (Å²) in [6.07, 6.45) is -4.06. The quantitative estimate of drug-likeness (QED) is 0.559. The second kappa shape index (κ2) is 7.96. The van der Waals surface area contributed by atoms with E-state index in [4.69, 9.17) is 0 Å². The number of rotatable bonds is 5. The van der Waals surface area contributed by atoms with E-state index in [1.54, 1.807) is 19.1 Å². The van der Waals surface area contributed by atoms with Gasteiger partial charge in [0.15, 0.2) is 0 Å². The highest BCUT2D eigenvalue weighted by Gasteiger charge is 2.35. The van der Waals surface area contributed by atoms with E-state index in [2.05, 4.69) is 0 Å². The lowest BCUT2D eigenvalue weighted by molar-refractivity contribution is -0.126. The van der Waals surface area contributed by atoms with Crippen molar-refractivity contribution in [2.45, 2.75) is 19.6 Å². The zero-order valence-electron chi connectivity index (χ0n) is 13.6. The van der Waals surface area contributed by atoms with Crippen molar-refractivity contribution < 1.29 is 22.4 Å². The maximum absolute atomic E-state index is 13.3. The third-order valence-electron chi connectivity index (χ3n) is 3.61. The Hall–Kier alpha value is -2.63. The third-order valence-corrected chi connectivity index (χ3v) is 3.61. The normalized spacial score (nSPS) is 12.1. The molecule has 0 bridgehead atoms. The van der Waals surface area contributed by atoms with Crippen molar-refractivity contribution in [2.75, 3.05) is 6.54 Å². The minimum atomic E-state index is -4.66. The van der Waals surface area contributed by atoms with Crippen LogP contribution in [0.2, 0.25) is 0 Å². The molecule has 0 saturated heterocycles. The fourth-order valence-corrected chi connectivity index (χ4v) is 2.36. The van der Waals surface area contributed by atoms with Crippen LogP contribution in [0.1, 0.15) is 18.1 Å². The zero-order chi connectivity index (χ0) is 18.4. The predicted octanol–water partition coefficient (Wildman–Crippen LogP) is 4.82. The number of nitrogens with zero attached hydrogens (tertiary/aromatic N) is 1. The molecule has 2 aromatic rings. The minimum absolute atomic E-state index is 0.0313. The standard InChI is InChI=1S/C19H17F4NO/c1-2-24(13-14-7-6-10-16(20)11-14)18(25)12-17(19(21,22)23)15-8-4-3-5-9-15/h3-12H,2,13H2,1H3/b17-12-. The number of carbonyl (C=O) groups excluding carboxylic acids is 1. The fourth-order valence-electron chi connectivity index (χ4n) is 2.36. The summed E-state index contributed by atoms with van der Waals surface area (Å²) < 4.78 is 53.2. The van der Waals surface area contributed by atoms with E-state index in [1.807, 2.05) is 0 Å². The first-order valence-electron chi connectivity index (χ1n) is 7.69. The van der Waals surface area contributed by atoms with Gasteiger partial charge in [0, 0.05) is 19.2 Å². The van der Waals surface area contributed by atoms with Crippen molar-refractivity contribution in [3.05, 3.63) is 77.6 Å². The Labute approximate surface area is 143 Å². The molecule has 0 aliphatic rings. The number of hydrogen-bond acceptors (Lipinski definition) is 1. The summed E-state index contributed by atoms with van der Waals surface area (Å²) in [5.41, 5.74) is -0.571. The maximum Gasteiger partial charge on any atom is 0.417 e. The molecule has 2 nitrogen and oxygen atoms in total. The first kappa shape index (κ1) is 18.7. The van der Waals surface area contributed by atoms with E-state index in [-0.39, 0.29) is 18.7 Å². The van der Waals surface area contributed by atoms with Gasteiger partial charge in [-0.1, -0.05) is 42.5 Å². The summed E-state index contributed by atoms with van der Waals surface area (Å²) in [6.45, 7) is 1.89. The van der Waals surface area contributed by atoms with E-state index in [0.29, 0.717) is 11.6 Å². The zero-order valence-corrected chi connectivity index (χ0v) is 13.6. The lowest BCUT2D eigenvalue weighted by Crippen LogP contribution is -2.29. The molecule has 132 valence electrons. The van der Waals surface area contributed by atoms with E-state index >= 15 is 0 Å². The molecule has 0 aliphatic heterocycles. The molecular weight excluding hydrogens is 334 g/mol. The Morgan fingerprint density at radius 2 is 1.76 bits per heavy atom. The van der Waals surface area contributed by atoms with Crippen LogP contribution in [0.3, 0.4) is 0 Å². The van der Waals surface area contributed by atoms with Crippen LogP contribution in [0.25, 0.3) is 5.57 Å². The molecule has 0 unspecified atom stereocenters. The third kappa shape index (κ3) is 5.17. The van der Waals surface area contributed by atoms with Crippen LogP contribution in [-0.2, 0) is 11.3 Å². The van der Waals surface area contributed by atoms with Crippen LogP contribution >= 0.6 is 0 Å². The molecular formula is C19H17F4NO. The summed E-state index contributed by atoms with van der Waals surface area (Å²) in [5, 5.41) is 0. The molecule has 0 atom stereocenters. The monoisotopic (exact) mass is 351 g/mol. The van der Waals surface area contributed by atoms with Crippen LogP contribution in [0.5, 0.6) is 0 Å². The van der Waals surface area contributed by atoms with Crippen molar-refractivity contribution >= 4 is 11.5 Å². The molecule has 0 aliphatic carbocycles. The highest BCUT2D eigenvalue weighted by atomic mass is 19.4. The highest BCUT2D eigenvalue weighted by Crippen LogP contribution is 2.33. The van der Waals surface area contributed by atoms with E-state index < -0.39 is 23.5 Å². The smallest absolute Gasteiger partial charge is 0.335 e. The predicted molar refractivity (Wildman–Crippen MR) is 88.0 cm³/mol. The molecule has 0 spiro atoms. The number of carbonyl (C=O) groups is 1. The summed E-state index contributed by atoms with van der Waals surface area (Å²) in [5.74, 6) is -1.24. The van der Waals surface area contributed by atoms with Gasteiger partial charge in [0.1, 0.15) is 5.82 Å². The van der Waals surface area contributed by atoms with Crippen LogP contribution in [-0.4, -0.2) is 23.5 Å². The van der Waals surface area contributed by atoms with Crippen molar-refractivity contribution in [3.63, 3.8) is 0 Å². The molecule has 1 amide bonds. The van der Waals surface area contributed by atoms with Gasteiger partial charge in [-0.15, -0.1) is 0 Å². The number of alkyl halides is 3. The molecule has 0 aromatic heterocycles. The molecule has 2 rings (SSSR count). The Bertz CT molecular complexity index is 754. The lowest BCUT2D eigenvalue weighted by atomic mass is 10.0. The SMILES string of the molecule is CCN(Cc1cccc(F)c1)C(=O)/C=C(/c1ccccc1)C(F)(F)F. The van der Waals surface area contributed by atoms with Gasteiger partial charge >= 0.3 is 6.18 Å². The summed E-state index contributed by atoms with van der Waals surface area (Å²) in [6, 6.07) is 12.8. The molecule has 0 N–H and O–H groups in total. The number of hydrogen-bond donors (Lipinski definition) is 0. The minimum Gasteiger partial charge on any atom is -0.335 e. The van der Waals surface area contributed by atoms with E-state index in [9.17, 15) is 22.4 Å². The van der Waals surface area contributed by atoms with Gasteiger partial charge in [0.2, 0.25) is 5.91 Å². The van der Waals surface area contributed by atoms with Crippen LogP contribution in [0, 0.1) is 5.82 Å². The van der Waals surface area contributed by atoms with E-state index in [0.717, 1.165) is 0 Å². The maximum atomic E-state index is 13.3. The van der Waals surface area contributed by atoms with Crippen LogP contribution in [0.4, 0.5) is 17.6 Å². The topological polar surface area (TPSA) is 20.3 Å². The first-order chi connectivity index (χ1) is 11.8. The highest BCUT2D eigenvalue weighted by molar-refractivity contribution is 5.96. The molecule has 25 heavy (non-hydrogen) atoms. The van der Waals surface area contributed by atoms with Gasteiger partial charge < -0.3 is 4.90 Å². The van der Waals surface area contributed by atoms with Gasteiger partial charge in [-0.2, -0.15) is 13.2 Å². The summed E-state index contributed by atoms with van der Waals surface area (Å²) in [4.78, 5) is 13.6. The van der Waals surface area contributed by atoms with Crippen molar-refractivity contribution in [1.29, 1.82) is 0 Å². The number of amides is 1. The van der Waals surface area contributed by atoms with Crippen molar-refractivity contribution in [2.24, 2.45) is 0 Å². The Balaban J connectivity index is 2.29. The number of halogens is 4. The van der Waals surface area contributed by atoms with Gasteiger partial charge in [0.25, 0.3) is 0 Å². The van der Waals surface area contributed by atoms with Gasteiger partial charge in [-0.25, -0.2) is 4.39 Å². The Morgan fingerprint density at radius 3 is 2.32 bits per heavy atom. The van der Waals surface area contributed by atoms with E-state index in [1.165, 1.54) is 47.4 Å². The second-order valence-electron chi connectivity index (χ2n) is 5.40. The van der Waals surface area contributed by atoms with Crippen molar-refractivity contribution in [3.8, 4) is 0 Å². The largest absolute Gasteiger partial charge is 0.417 e. The van der Waals surface area contributed by atoms with Crippen molar-refractivity contribution in [1.82, 2.24) is 4.90 Å². The molecule has 2 aromatic carbocycles. The Kier molecular flexibility index (Phi) is 5.96. The fraction of sp³-hybridized carbons (Fsp3) is 0.211. The van der Waals surface area contributed by atoms with Gasteiger partial charge in [-0.05, 0) is 30.2 Å². The van der Waals surface area contributed by atoms with Crippen LogP contribution < -0.4 is 0 Å².